The lowest BCUT2D eigenvalue weighted by atomic mass is 9.90. The molecule has 2 heterocycles. The molecule has 0 bridgehead atoms. The Balaban J connectivity index is 1.15. The van der Waals surface area contributed by atoms with Crippen molar-refractivity contribution in [2.75, 3.05) is 0 Å². The zero-order valence-corrected chi connectivity index (χ0v) is 23.9. The largest absolute Gasteiger partial charge is 0.381 e. The fraction of sp³-hybridized carbons (Fsp3) is 0.100. The van der Waals surface area contributed by atoms with Crippen LogP contribution in [0.5, 0.6) is 0 Å². The molecule has 0 saturated carbocycles. The number of allylic oxidation sites excluding steroid dienone is 4. The van der Waals surface area contributed by atoms with Crippen molar-refractivity contribution in [3.63, 3.8) is 0 Å². The van der Waals surface area contributed by atoms with Gasteiger partial charge in [-0.3, -0.25) is 0 Å². The predicted molar refractivity (Wildman–Crippen MR) is 180 cm³/mol. The lowest BCUT2D eigenvalue weighted by Crippen LogP contribution is -2.15. The van der Waals surface area contributed by atoms with Gasteiger partial charge in [0, 0.05) is 28.9 Å². The van der Waals surface area contributed by atoms with Crippen LogP contribution in [0.3, 0.4) is 0 Å². The maximum atomic E-state index is 6.66. The lowest BCUT2D eigenvalue weighted by molar-refractivity contribution is 0.615. The molecule has 0 saturated heterocycles. The SMILES string of the molecule is NC(/C=C(\NCc1ccccc1)c1ccc(-c2ccc3c4cccc5c4n(c3c2)C2C=CC=CC52)cc1)c1ccccc1. The Bertz CT molecular complexity index is 2030. The Morgan fingerprint density at radius 3 is 2.30 bits per heavy atom. The zero-order chi connectivity index (χ0) is 28.8. The van der Waals surface area contributed by atoms with E-state index in [0.29, 0.717) is 12.0 Å². The summed E-state index contributed by atoms with van der Waals surface area (Å²) in [7, 11) is 0. The molecule has 0 fully saturated rings. The van der Waals surface area contributed by atoms with Crippen molar-refractivity contribution in [3.8, 4) is 11.1 Å². The number of nitrogens with zero attached hydrogens (tertiary/aromatic N) is 1. The van der Waals surface area contributed by atoms with E-state index in [1.54, 1.807) is 0 Å². The van der Waals surface area contributed by atoms with Crippen LogP contribution in [0.4, 0.5) is 0 Å². The molecule has 0 radical (unpaired) electrons. The van der Waals surface area contributed by atoms with Gasteiger partial charge >= 0.3 is 0 Å². The summed E-state index contributed by atoms with van der Waals surface area (Å²) in [4.78, 5) is 0. The third-order valence-electron chi connectivity index (χ3n) is 9.00. The summed E-state index contributed by atoms with van der Waals surface area (Å²) in [6, 6.07) is 43.4. The first-order valence-corrected chi connectivity index (χ1v) is 15.1. The summed E-state index contributed by atoms with van der Waals surface area (Å²) < 4.78 is 2.56. The number of hydrogen-bond donors (Lipinski definition) is 2. The third-order valence-corrected chi connectivity index (χ3v) is 9.00. The number of rotatable bonds is 7. The van der Waals surface area contributed by atoms with Gasteiger partial charge in [-0.1, -0.05) is 140 Å². The minimum absolute atomic E-state index is 0.213. The molecular weight excluding hydrogens is 522 g/mol. The van der Waals surface area contributed by atoms with E-state index < -0.39 is 0 Å². The Labute approximate surface area is 252 Å². The fourth-order valence-electron chi connectivity index (χ4n) is 6.86. The second-order valence-corrected chi connectivity index (χ2v) is 11.6. The fourth-order valence-corrected chi connectivity index (χ4v) is 6.86. The Hall–Kier alpha value is -5.12. The maximum absolute atomic E-state index is 6.66. The van der Waals surface area contributed by atoms with E-state index in [1.165, 1.54) is 44.1 Å². The molecular formula is C40H33N3. The van der Waals surface area contributed by atoms with E-state index in [1.807, 2.05) is 24.3 Å². The van der Waals surface area contributed by atoms with Crippen LogP contribution < -0.4 is 11.1 Å². The van der Waals surface area contributed by atoms with Gasteiger partial charge in [-0.2, -0.15) is 0 Å². The van der Waals surface area contributed by atoms with Crippen LogP contribution in [0.25, 0.3) is 38.6 Å². The number of fused-ring (bicyclic) bond motifs is 6. The summed E-state index contributed by atoms with van der Waals surface area (Å²) in [6.45, 7) is 0.727. The van der Waals surface area contributed by atoms with Gasteiger partial charge in [0.25, 0.3) is 0 Å². The van der Waals surface area contributed by atoms with E-state index >= 15 is 0 Å². The van der Waals surface area contributed by atoms with Crippen LogP contribution in [-0.2, 0) is 6.54 Å². The first-order valence-electron chi connectivity index (χ1n) is 15.1. The summed E-state index contributed by atoms with van der Waals surface area (Å²) in [5.74, 6) is 0.409. The van der Waals surface area contributed by atoms with Crippen LogP contribution >= 0.6 is 0 Å². The number of aromatic nitrogens is 1. The highest BCUT2D eigenvalue weighted by molar-refractivity contribution is 6.11. The predicted octanol–water partition coefficient (Wildman–Crippen LogP) is 9.06. The number of hydrogen-bond acceptors (Lipinski definition) is 2. The molecule has 5 aromatic carbocycles. The zero-order valence-electron chi connectivity index (χ0n) is 23.9. The van der Waals surface area contributed by atoms with E-state index in [9.17, 15) is 0 Å². The van der Waals surface area contributed by atoms with Crippen LogP contribution in [0.2, 0.25) is 0 Å². The van der Waals surface area contributed by atoms with Crippen LogP contribution in [0, 0.1) is 0 Å². The highest BCUT2D eigenvalue weighted by Crippen LogP contribution is 2.49. The smallest absolute Gasteiger partial charge is 0.0630 e. The summed E-state index contributed by atoms with van der Waals surface area (Å²) >= 11 is 0. The summed E-state index contributed by atoms with van der Waals surface area (Å²) in [5.41, 5.74) is 17.7. The first kappa shape index (κ1) is 25.6. The molecule has 3 N–H and O–H groups in total. The minimum Gasteiger partial charge on any atom is -0.381 e. The highest BCUT2D eigenvalue weighted by atomic mass is 15.0. The Morgan fingerprint density at radius 1 is 0.744 bits per heavy atom. The second-order valence-electron chi connectivity index (χ2n) is 11.6. The number of nitrogens with two attached hydrogens (primary N) is 1. The molecule has 3 nitrogen and oxygen atoms in total. The van der Waals surface area contributed by atoms with Crippen molar-refractivity contribution in [3.05, 3.63) is 174 Å². The minimum atomic E-state index is -0.213. The Morgan fingerprint density at radius 2 is 1.49 bits per heavy atom. The quantitative estimate of drug-likeness (QED) is 0.206. The van der Waals surface area contributed by atoms with Crippen molar-refractivity contribution < 1.29 is 0 Å². The normalized spacial score (nSPS) is 17.8. The average molecular weight is 556 g/mol. The second kappa shape index (κ2) is 10.6. The van der Waals surface area contributed by atoms with Gasteiger partial charge in [0.15, 0.2) is 0 Å². The van der Waals surface area contributed by atoms with Gasteiger partial charge < -0.3 is 15.6 Å². The van der Waals surface area contributed by atoms with Gasteiger partial charge in [0.1, 0.15) is 0 Å². The third kappa shape index (κ3) is 4.50. The van der Waals surface area contributed by atoms with Crippen molar-refractivity contribution in [1.82, 2.24) is 9.88 Å². The number of para-hydroxylation sites is 1. The molecule has 0 spiro atoms. The number of nitrogens with one attached hydrogen (secondary N) is 1. The van der Waals surface area contributed by atoms with Gasteiger partial charge in [0.05, 0.1) is 23.1 Å². The van der Waals surface area contributed by atoms with Crippen LogP contribution in [-0.4, -0.2) is 4.57 Å². The molecule has 8 rings (SSSR count). The van der Waals surface area contributed by atoms with Crippen LogP contribution in [0.1, 0.15) is 40.3 Å². The molecule has 208 valence electrons. The lowest BCUT2D eigenvalue weighted by Gasteiger charge is -2.20. The van der Waals surface area contributed by atoms with Crippen LogP contribution in [0.15, 0.2) is 152 Å². The maximum Gasteiger partial charge on any atom is 0.0630 e. The monoisotopic (exact) mass is 555 g/mol. The molecule has 2 aliphatic rings. The topological polar surface area (TPSA) is 43.0 Å². The first-order chi connectivity index (χ1) is 21.2. The van der Waals surface area contributed by atoms with E-state index in [-0.39, 0.29) is 6.04 Å². The van der Waals surface area contributed by atoms with Gasteiger partial charge in [-0.15, -0.1) is 0 Å². The molecule has 43 heavy (non-hydrogen) atoms. The van der Waals surface area contributed by atoms with Gasteiger partial charge in [-0.05, 0) is 45.5 Å². The molecule has 1 aliphatic heterocycles. The standard InChI is InChI=1S/C40H33N3/c41-36(29-12-5-2-6-13-29)25-37(42-26-27-10-3-1-4-11-27)30-20-18-28(19-21-30)31-22-23-33-35-16-9-15-34-32-14-7-8-17-38(32)43(40(34)35)39(33)24-31/h1-25,32,36,38,42H,26,41H2/b37-25-. The molecule has 3 heteroatoms. The average Bonchev–Trinajstić information content (AvgIpc) is 3.59. The van der Waals surface area contributed by atoms with Gasteiger partial charge in [0.2, 0.25) is 0 Å². The molecule has 3 unspecified atom stereocenters. The highest BCUT2D eigenvalue weighted by Gasteiger charge is 2.34. The van der Waals surface area contributed by atoms with E-state index in [2.05, 4.69) is 137 Å². The molecule has 1 aliphatic carbocycles. The summed E-state index contributed by atoms with van der Waals surface area (Å²) in [5, 5.41) is 6.33. The van der Waals surface area contributed by atoms with Crippen molar-refractivity contribution >= 4 is 27.5 Å². The Kier molecular flexibility index (Phi) is 6.31. The van der Waals surface area contributed by atoms with E-state index in [0.717, 1.165) is 23.4 Å². The van der Waals surface area contributed by atoms with Gasteiger partial charge in [-0.25, -0.2) is 0 Å². The molecule has 3 atom stereocenters. The number of benzene rings is 5. The van der Waals surface area contributed by atoms with Crippen molar-refractivity contribution in [2.45, 2.75) is 24.5 Å². The summed E-state index contributed by atoms with van der Waals surface area (Å²) in [6.07, 6.45) is 11.2. The molecule has 6 aromatic rings. The van der Waals surface area contributed by atoms with Crippen molar-refractivity contribution in [2.24, 2.45) is 5.73 Å². The molecule has 1 aromatic heterocycles. The van der Waals surface area contributed by atoms with Crippen molar-refractivity contribution in [1.29, 1.82) is 0 Å². The van der Waals surface area contributed by atoms with E-state index in [4.69, 9.17) is 5.73 Å². The molecule has 0 amide bonds.